The molecule has 0 aromatic carbocycles. The molecule has 1 N–H and O–H groups in total. The number of rotatable bonds is 8. The van der Waals surface area contributed by atoms with E-state index in [1.165, 1.54) is 0 Å². The Bertz CT molecular complexity index is 187. The summed E-state index contributed by atoms with van der Waals surface area (Å²) in [6.07, 6.45) is 3.88. The van der Waals surface area contributed by atoms with E-state index in [-0.39, 0.29) is 6.42 Å². The molecule has 0 aromatic rings. The van der Waals surface area contributed by atoms with Gasteiger partial charge in [-0.05, 0) is 25.2 Å². The van der Waals surface area contributed by atoms with Crippen LogP contribution in [0.15, 0.2) is 0 Å². The van der Waals surface area contributed by atoms with E-state index in [2.05, 4.69) is 0 Å². The van der Waals surface area contributed by atoms with Crippen LogP contribution in [0.3, 0.4) is 0 Å². The molecular weight excluding hydrogens is 180 g/mol. The molecule has 0 heterocycles. The molecular formula is C11H20O3. The number of aliphatic carboxylic acids is 1. The largest absolute Gasteiger partial charge is 0.481 e. The number of hydrogen-bond acceptors (Lipinski definition) is 2. The van der Waals surface area contributed by atoms with E-state index in [4.69, 9.17) is 5.11 Å². The van der Waals surface area contributed by atoms with Crippen molar-refractivity contribution in [1.82, 2.24) is 0 Å². The van der Waals surface area contributed by atoms with Crippen LogP contribution >= 0.6 is 0 Å². The number of carboxylic acid groups (broad SMARTS) is 1. The molecule has 1 atom stereocenters. The number of carboxylic acids is 1. The van der Waals surface area contributed by atoms with Crippen molar-refractivity contribution < 1.29 is 14.7 Å². The molecule has 82 valence electrons. The van der Waals surface area contributed by atoms with Gasteiger partial charge < -0.3 is 5.11 Å². The van der Waals surface area contributed by atoms with Gasteiger partial charge in [0, 0.05) is 19.3 Å². The summed E-state index contributed by atoms with van der Waals surface area (Å²) in [6.45, 7) is 3.99. The molecule has 0 amide bonds. The van der Waals surface area contributed by atoms with E-state index >= 15 is 0 Å². The molecule has 0 aromatic heterocycles. The summed E-state index contributed by atoms with van der Waals surface area (Å²) < 4.78 is 0. The standard InChI is InChI=1S/C11H20O3/c1-3-4-10(12)7-5-9(2)6-8-11(13)14/h9H,3-8H2,1-2H3,(H,13,14). The van der Waals surface area contributed by atoms with Crippen LogP contribution in [-0.2, 0) is 9.59 Å². The minimum absolute atomic E-state index is 0.211. The van der Waals surface area contributed by atoms with Crippen LogP contribution in [0.4, 0.5) is 0 Å². The average Bonchev–Trinajstić information content (AvgIpc) is 2.12. The van der Waals surface area contributed by atoms with Crippen LogP contribution in [-0.4, -0.2) is 16.9 Å². The normalized spacial score (nSPS) is 12.4. The third kappa shape index (κ3) is 7.77. The van der Waals surface area contributed by atoms with Gasteiger partial charge in [-0.2, -0.15) is 0 Å². The Morgan fingerprint density at radius 2 is 1.71 bits per heavy atom. The van der Waals surface area contributed by atoms with Crippen LogP contribution in [0.1, 0.15) is 52.4 Å². The minimum atomic E-state index is -0.753. The van der Waals surface area contributed by atoms with Crippen LogP contribution in [0.25, 0.3) is 0 Å². The molecule has 0 bridgehead atoms. The first-order valence-electron chi connectivity index (χ1n) is 5.29. The molecule has 0 spiro atoms. The van der Waals surface area contributed by atoms with Gasteiger partial charge in [0.15, 0.2) is 0 Å². The highest BCUT2D eigenvalue weighted by Gasteiger charge is 2.07. The van der Waals surface area contributed by atoms with E-state index in [9.17, 15) is 9.59 Å². The Morgan fingerprint density at radius 1 is 1.14 bits per heavy atom. The predicted octanol–water partition coefficient (Wildman–Crippen LogP) is 2.64. The fraction of sp³-hybridized carbons (Fsp3) is 0.818. The van der Waals surface area contributed by atoms with Gasteiger partial charge in [-0.15, -0.1) is 0 Å². The molecule has 0 fully saturated rings. The number of Topliss-reactive ketones (excluding diaryl/α,β-unsaturated/α-hetero) is 1. The topological polar surface area (TPSA) is 54.4 Å². The van der Waals surface area contributed by atoms with Gasteiger partial charge in [-0.25, -0.2) is 0 Å². The Balaban J connectivity index is 3.48. The van der Waals surface area contributed by atoms with Gasteiger partial charge in [0.05, 0.1) is 0 Å². The van der Waals surface area contributed by atoms with Crippen LogP contribution in [0.5, 0.6) is 0 Å². The second-order valence-corrected chi connectivity index (χ2v) is 3.86. The first-order chi connectivity index (χ1) is 6.56. The number of carbonyl (C=O) groups excluding carboxylic acids is 1. The molecule has 0 aliphatic carbocycles. The second-order valence-electron chi connectivity index (χ2n) is 3.86. The van der Waals surface area contributed by atoms with Crippen molar-refractivity contribution in [2.75, 3.05) is 0 Å². The summed E-state index contributed by atoms with van der Waals surface area (Å²) >= 11 is 0. The van der Waals surface area contributed by atoms with Crippen molar-refractivity contribution in [2.24, 2.45) is 5.92 Å². The van der Waals surface area contributed by atoms with E-state index in [0.29, 0.717) is 31.0 Å². The monoisotopic (exact) mass is 200 g/mol. The van der Waals surface area contributed by atoms with Gasteiger partial charge in [0.25, 0.3) is 0 Å². The minimum Gasteiger partial charge on any atom is -0.481 e. The first kappa shape index (κ1) is 13.1. The Labute approximate surface area is 85.5 Å². The zero-order valence-corrected chi connectivity index (χ0v) is 9.08. The lowest BCUT2D eigenvalue weighted by molar-refractivity contribution is -0.137. The fourth-order valence-electron chi connectivity index (χ4n) is 1.33. The molecule has 0 radical (unpaired) electrons. The highest BCUT2D eigenvalue weighted by Crippen LogP contribution is 2.13. The van der Waals surface area contributed by atoms with Crippen molar-refractivity contribution in [2.45, 2.75) is 52.4 Å². The van der Waals surface area contributed by atoms with Gasteiger partial charge in [-0.1, -0.05) is 13.8 Å². The zero-order chi connectivity index (χ0) is 11.0. The maximum atomic E-state index is 11.2. The Hall–Kier alpha value is -0.860. The van der Waals surface area contributed by atoms with Gasteiger partial charge >= 0.3 is 5.97 Å². The molecule has 0 saturated carbocycles. The van der Waals surface area contributed by atoms with Crippen LogP contribution < -0.4 is 0 Å². The SMILES string of the molecule is CCCC(=O)CCC(C)CCC(=O)O. The molecule has 1 unspecified atom stereocenters. The number of hydrogen-bond donors (Lipinski definition) is 1. The van der Waals surface area contributed by atoms with Gasteiger partial charge in [0.2, 0.25) is 0 Å². The highest BCUT2D eigenvalue weighted by atomic mass is 16.4. The maximum absolute atomic E-state index is 11.2. The Kier molecular flexibility index (Phi) is 7.07. The molecule has 0 aliphatic heterocycles. The summed E-state index contributed by atoms with van der Waals surface area (Å²) in [5, 5.41) is 8.46. The predicted molar refractivity (Wildman–Crippen MR) is 55.2 cm³/mol. The average molecular weight is 200 g/mol. The van der Waals surface area contributed by atoms with Crippen molar-refractivity contribution in [3.05, 3.63) is 0 Å². The second kappa shape index (κ2) is 7.54. The zero-order valence-electron chi connectivity index (χ0n) is 9.08. The molecule has 14 heavy (non-hydrogen) atoms. The third-order valence-corrected chi connectivity index (χ3v) is 2.30. The lowest BCUT2D eigenvalue weighted by atomic mass is 9.97. The summed E-state index contributed by atoms with van der Waals surface area (Å²) in [7, 11) is 0. The molecule has 0 saturated heterocycles. The van der Waals surface area contributed by atoms with Crippen LogP contribution in [0.2, 0.25) is 0 Å². The summed E-state index contributed by atoms with van der Waals surface area (Å²) in [5.41, 5.74) is 0. The van der Waals surface area contributed by atoms with Crippen molar-refractivity contribution >= 4 is 11.8 Å². The lowest BCUT2D eigenvalue weighted by Gasteiger charge is -2.08. The van der Waals surface area contributed by atoms with E-state index in [0.717, 1.165) is 12.8 Å². The van der Waals surface area contributed by atoms with Crippen molar-refractivity contribution in [1.29, 1.82) is 0 Å². The van der Waals surface area contributed by atoms with Crippen molar-refractivity contribution in [3.63, 3.8) is 0 Å². The fourth-order valence-corrected chi connectivity index (χ4v) is 1.33. The summed E-state index contributed by atoms with van der Waals surface area (Å²) in [4.78, 5) is 21.4. The van der Waals surface area contributed by atoms with Gasteiger partial charge in [-0.3, -0.25) is 9.59 Å². The molecule has 3 nitrogen and oxygen atoms in total. The van der Waals surface area contributed by atoms with Gasteiger partial charge in [0.1, 0.15) is 5.78 Å². The molecule has 0 rings (SSSR count). The summed E-state index contributed by atoms with van der Waals surface area (Å²) in [6, 6.07) is 0. The lowest BCUT2D eigenvalue weighted by Crippen LogP contribution is -2.04. The quantitative estimate of drug-likeness (QED) is 0.655. The number of ketones is 1. The smallest absolute Gasteiger partial charge is 0.303 e. The molecule has 3 heteroatoms. The third-order valence-electron chi connectivity index (χ3n) is 2.30. The van der Waals surface area contributed by atoms with Crippen LogP contribution in [0, 0.1) is 5.92 Å². The maximum Gasteiger partial charge on any atom is 0.303 e. The highest BCUT2D eigenvalue weighted by molar-refractivity contribution is 5.78. The van der Waals surface area contributed by atoms with E-state index in [1.54, 1.807) is 0 Å². The number of carbonyl (C=O) groups is 2. The van der Waals surface area contributed by atoms with Crippen molar-refractivity contribution in [3.8, 4) is 0 Å². The first-order valence-corrected chi connectivity index (χ1v) is 5.29. The Morgan fingerprint density at radius 3 is 2.21 bits per heavy atom. The summed E-state index contributed by atoms with van der Waals surface area (Å²) in [5.74, 6) is -0.113. The molecule has 0 aliphatic rings. The van der Waals surface area contributed by atoms with E-state index < -0.39 is 5.97 Å². The van der Waals surface area contributed by atoms with E-state index in [1.807, 2.05) is 13.8 Å².